The average Bonchev–Trinajstić information content (AvgIpc) is 2.48. The highest BCUT2D eigenvalue weighted by molar-refractivity contribution is 6.53. The maximum atomic E-state index is 5.48. The van der Waals surface area contributed by atoms with Gasteiger partial charge in [-0.05, 0) is 6.42 Å². The van der Waals surface area contributed by atoms with Crippen molar-refractivity contribution in [2.75, 3.05) is 55.9 Å². The zero-order chi connectivity index (χ0) is 14.8. The van der Waals surface area contributed by atoms with Crippen LogP contribution in [0.1, 0.15) is 6.42 Å². The van der Waals surface area contributed by atoms with E-state index in [4.69, 9.17) is 35.4 Å². The van der Waals surface area contributed by atoms with Crippen molar-refractivity contribution in [2.45, 2.75) is 6.42 Å². The van der Waals surface area contributed by atoms with Crippen molar-refractivity contribution in [2.24, 2.45) is 0 Å². The predicted octanol–water partition coefficient (Wildman–Crippen LogP) is 0.159. The van der Waals surface area contributed by atoms with Gasteiger partial charge in [-0.3, -0.25) is 0 Å². The molecule has 0 aliphatic carbocycles. The summed E-state index contributed by atoms with van der Waals surface area (Å²) in [6, 6.07) is 0. The van der Waals surface area contributed by atoms with E-state index < -0.39 is 18.1 Å². The maximum Gasteiger partial charge on any atom is 0.678 e. The molecule has 0 atom stereocenters. The molecule has 0 amide bonds. The van der Waals surface area contributed by atoms with Gasteiger partial charge in [0.05, 0.1) is 0 Å². The van der Waals surface area contributed by atoms with Crippen molar-refractivity contribution in [3.05, 3.63) is 0 Å². The Morgan fingerprint density at radius 3 is 1.00 bits per heavy atom. The second kappa shape index (κ2) is 9.93. The number of hydrogen-bond donors (Lipinski definition) is 0. The van der Waals surface area contributed by atoms with Gasteiger partial charge in [0.1, 0.15) is 0 Å². The van der Waals surface area contributed by atoms with Crippen LogP contribution in [-0.4, -0.2) is 74.0 Å². The lowest BCUT2D eigenvalue weighted by Crippen LogP contribution is -2.48. The summed E-state index contributed by atoms with van der Waals surface area (Å²) >= 11 is 0. The van der Waals surface area contributed by atoms with Gasteiger partial charge in [-0.15, -0.1) is 0 Å². The fourth-order valence-corrected chi connectivity index (χ4v) is 3.80. The summed E-state index contributed by atoms with van der Waals surface area (Å²) in [6.45, 7) is 0.729. The van der Waals surface area contributed by atoms with Crippen molar-refractivity contribution in [3.8, 4) is 0 Å². The van der Waals surface area contributed by atoms with Crippen LogP contribution in [0.4, 0.5) is 0 Å². The zero-order valence-corrected chi connectivity index (χ0v) is 14.4. The Hall–Kier alpha value is 0.114. The fourth-order valence-electron chi connectivity index (χ4n) is 1.31. The molecule has 0 saturated heterocycles. The van der Waals surface area contributed by atoms with Gasteiger partial charge in [0.2, 0.25) is 0 Å². The Balaban J connectivity index is 3.98. The quantitative estimate of drug-likeness (QED) is 0.372. The van der Waals surface area contributed by atoms with Gasteiger partial charge in [0.15, 0.2) is 0 Å². The molecule has 0 aliphatic rings. The van der Waals surface area contributed by atoms with E-state index in [0.29, 0.717) is 19.6 Å². The van der Waals surface area contributed by atoms with E-state index in [0.717, 1.165) is 0 Å². The third-order valence-corrected chi connectivity index (χ3v) is 6.46. The van der Waals surface area contributed by atoms with Crippen LogP contribution in [0.25, 0.3) is 0 Å². The van der Waals surface area contributed by atoms with E-state index in [-0.39, 0.29) is 0 Å². The highest BCUT2D eigenvalue weighted by Crippen LogP contribution is 2.10. The minimum Gasteiger partial charge on any atom is -0.355 e. The van der Waals surface area contributed by atoms with E-state index >= 15 is 0 Å². The number of rotatable bonds is 12. The molecule has 0 aliphatic heterocycles. The van der Waals surface area contributed by atoms with Crippen LogP contribution in [0, 0.1) is 0 Å². The summed E-state index contributed by atoms with van der Waals surface area (Å²) in [7, 11) is 2.93. The second-order valence-electron chi connectivity index (χ2n) is 3.28. The smallest absolute Gasteiger partial charge is 0.355 e. The Kier molecular flexibility index (Phi) is 9.99. The molecule has 0 aromatic rings. The van der Waals surface area contributed by atoms with Crippen LogP contribution in [0.5, 0.6) is 0 Å². The third kappa shape index (κ3) is 5.95. The molecule has 0 bridgehead atoms. The first-order valence-electron chi connectivity index (χ1n) is 5.66. The topological polar surface area (TPSA) is 73.8 Å². The standard InChI is InChI=1S/C9H24O8Si2/c1-10-18(11-2,12-3)16-8-7-9-17-19(13-4,14-5)15-6/h7-9H2,1-6H3. The summed E-state index contributed by atoms with van der Waals surface area (Å²) < 4.78 is 41.6. The lowest BCUT2D eigenvalue weighted by Gasteiger charge is -2.24. The van der Waals surface area contributed by atoms with E-state index in [1.807, 2.05) is 0 Å². The van der Waals surface area contributed by atoms with Crippen molar-refractivity contribution >= 4 is 18.1 Å². The molecule has 0 aromatic carbocycles. The molecule has 0 heterocycles. The Morgan fingerprint density at radius 2 is 0.789 bits per heavy atom. The van der Waals surface area contributed by atoms with Crippen molar-refractivity contribution < 1.29 is 35.4 Å². The highest BCUT2D eigenvalue weighted by Gasteiger charge is 2.43. The van der Waals surface area contributed by atoms with E-state index in [9.17, 15) is 0 Å². The van der Waals surface area contributed by atoms with Gasteiger partial charge >= 0.3 is 18.1 Å². The number of hydrogen-bond acceptors (Lipinski definition) is 8. The molecule has 116 valence electrons. The monoisotopic (exact) mass is 316 g/mol. The molecular formula is C9H24O8Si2. The van der Waals surface area contributed by atoms with Crippen LogP contribution in [0.15, 0.2) is 0 Å². The Bertz CT molecular complexity index is 184. The van der Waals surface area contributed by atoms with E-state index in [1.54, 1.807) is 0 Å². The molecule has 0 radical (unpaired) electrons. The Morgan fingerprint density at radius 1 is 0.526 bits per heavy atom. The van der Waals surface area contributed by atoms with Gasteiger partial charge in [-0.1, -0.05) is 0 Å². The Labute approximate surface area is 116 Å². The average molecular weight is 316 g/mol. The molecule has 0 saturated carbocycles. The minimum absolute atomic E-state index is 0.364. The summed E-state index contributed by atoms with van der Waals surface area (Å²) in [5.41, 5.74) is 0. The molecule has 19 heavy (non-hydrogen) atoms. The van der Waals surface area contributed by atoms with Gasteiger partial charge in [0, 0.05) is 55.9 Å². The van der Waals surface area contributed by atoms with Crippen LogP contribution < -0.4 is 0 Å². The summed E-state index contributed by atoms with van der Waals surface area (Å²) in [5, 5.41) is 0. The fraction of sp³-hybridized carbons (Fsp3) is 1.00. The molecular weight excluding hydrogens is 292 g/mol. The molecule has 0 fully saturated rings. The normalized spacial score (nSPS) is 12.9. The first-order chi connectivity index (χ1) is 9.07. The van der Waals surface area contributed by atoms with Crippen molar-refractivity contribution in [1.29, 1.82) is 0 Å². The molecule has 10 heteroatoms. The lowest BCUT2D eigenvalue weighted by atomic mass is 10.5. The van der Waals surface area contributed by atoms with E-state index in [1.165, 1.54) is 42.7 Å². The third-order valence-electron chi connectivity index (χ3n) is 2.35. The lowest BCUT2D eigenvalue weighted by molar-refractivity contribution is -0.0108. The highest BCUT2D eigenvalue weighted by atomic mass is 28.4. The van der Waals surface area contributed by atoms with Crippen molar-refractivity contribution in [1.82, 2.24) is 0 Å². The van der Waals surface area contributed by atoms with Crippen LogP contribution in [-0.2, 0) is 35.4 Å². The molecule has 0 unspecified atom stereocenters. The molecule has 0 rings (SSSR count). The first-order valence-corrected chi connectivity index (χ1v) is 8.93. The van der Waals surface area contributed by atoms with Crippen molar-refractivity contribution in [3.63, 3.8) is 0 Å². The summed E-state index contributed by atoms with van der Waals surface area (Å²) in [4.78, 5) is 0. The second-order valence-corrected chi connectivity index (χ2v) is 8.30. The minimum atomic E-state index is -2.98. The molecule has 0 spiro atoms. The molecule has 0 N–H and O–H groups in total. The van der Waals surface area contributed by atoms with Gasteiger partial charge < -0.3 is 35.4 Å². The summed E-state index contributed by atoms with van der Waals surface area (Å²) in [5.74, 6) is 0. The molecule has 0 aromatic heterocycles. The van der Waals surface area contributed by atoms with Crippen LogP contribution in [0.2, 0.25) is 0 Å². The first kappa shape index (κ1) is 19.1. The van der Waals surface area contributed by atoms with Gasteiger partial charge in [-0.2, -0.15) is 0 Å². The SMILES string of the molecule is CO[Si](OC)(OC)OCCCO[Si](OC)(OC)OC. The van der Waals surface area contributed by atoms with Gasteiger partial charge in [0.25, 0.3) is 0 Å². The van der Waals surface area contributed by atoms with Gasteiger partial charge in [-0.25, -0.2) is 0 Å². The summed E-state index contributed by atoms with van der Waals surface area (Å²) in [6.07, 6.45) is 0.593. The molecule has 8 nitrogen and oxygen atoms in total. The maximum absolute atomic E-state index is 5.48. The zero-order valence-electron chi connectivity index (χ0n) is 12.4. The van der Waals surface area contributed by atoms with Crippen LogP contribution in [0.3, 0.4) is 0 Å². The van der Waals surface area contributed by atoms with Crippen LogP contribution >= 0.6 is 0 Å². The predicted molar refractivity (Wildman–Crippen MR) is 70.1 cm³/mol. The van der Waals surface area contributed by atoms with E-state index in [2.05, 4.69) is 0 Å². The largest absolute Gasteiger partial charge is 0.678 e.